The van der Waals surface area contributed by atoms with Gasteiger partial charge in [-0.25, -0.2) is 19.6 Å². The molecular weight excluding hydrogens is 310 g/mol. The molecule has 0 saturated carbocycles. The Kier molecular flexibility index (Phi) is 3.88. The van der Waals surface area contributed by atoms with Crippen molar-refractivity contribution < 1.29 is 9.53 Å². The van der Waals surface area contributed by atoms with Crippen molar-refractivity contribution in [2.45, 2.75) is 32.9 Å². The van der Waals surface area contributed by atoms with Crippen LogP contribution in [0.15, 0.2) is 41.8 Å². The molecule has 0 atom stereocenters. The van der Waals surface area contributed by atoms with E-state index < -0.39 is 17.4 Å². The number of imidazole rings is 1. The van der Waals surface area contributed by atoms with Crippen molar-refractivity contribution in [3.63, 3.8) is 0 Å². The van der Waals surface area contributed by atoms with Crippen molar-refractivity contribution in [2.24, 2.45) is 0 Å². The van der Waals surface area contributed by atoms with Gasteiger partial charge in [-0.1, -0.05) is 0 Å². The SMILES string of the molecule is CC(C)(C)OC(=O)n1c2cccn(Cc3cncnc3)c-2nc1=O. The van der Waals surface area contributed by atoms with Gasteiger partial charge in [-0.3, -0.25) is 0 Å². The van der Waals surface area contributed by atoms with E-state index in [1.54, 1.807) is 56.1 Å². The second-order valence-corrected chi connectivity index (χ2v) is 6.30. The Labute approximate surface area is 138 Å². The maximum atomic E-state index is 12.3. The summed E-state index contributed by atoms with van der Waals surface area (Å²) in [6, 6.07) is 3.40. The van der Waals surface area contributed by atoms with E-state index in [2.05, 4.69) is 15.0 Å². The summed E-state index contributed by atoms with van der Waals surface area (Å²) >= 11 is 0. The van der Waals surface area contributed by atoms with Crippen molar-refractivity contribution >= 4 is 6.09 Å². The Morgan fingerprint density at radius 1 is 1.25 bits per heavy atom. The highest BCUT2D eigenvalue weighted by molar-refractivity contribution is 5.77. The first-order valence-electron chi connectivity index (χ1n) is 7.40. The van der Waals surface area contributed by atoms with Crippen LogP contribution in [-0.2, 0) is 11.3 Å². The third kappa shape index (κ3) is 3.17. The number of carbonyl (C=O) groups excluding carboxylic acids is 1. The summed E-state index contributed by atoms with van der Waals surface area (Å²) in [6.45, 7) is 5.65. The van der Waals surface area contributed by atoms with E-state index in [4.69, 9.17) is 4.74 Å². The van der Waals surface area contributed by atoms with Crippen molar-refractivity contribution in [3.05, 3.63) is 53.1 Å². The molecule has 0 saturated heterocycles. The summed E-state index contributed by atoms with van der Waals surface area (Å²) in [5.41, 5.74) is -0.113. The molecule has 24 heavy (non-hydrogen) atoms. The molecule has 0 unspecified atom stereocenters. The van der Waals surface area contributed by atoms with Crippen LogP contribution in [0.3, 0.4) is 0 Å². The van der Waals surface area contributed by atoms with Crippen molar-refractivity contribution in [2.75, 3.05) is 0 Å². The van der Waals surface area contributed by atoms with Crippen molar-refractivity contribution in [3.8, 4) is 11.5 Å². The van der Waals surface area contributed by atoms with Gasteiger partial charge >= 0.3 is 11.8 Å². The summed E-state index contributed by atoms with van der Waals surface area (Å²) in [5, 5.41) is 0. The third-order valence-corrected chi connectivity index (χ3v) is 3.20. The average molecular weight is 327 g/mol. The normalized spacial score (nSPS) is 11.6. The van der Waals surface area contributed by atoms with Crippen LogP contribution in [0.1, 0.15) is 26.3 Å². The number of aromatic nitrogens is 5. The van der Waals surface area contributed by atoms with Crippen LogP contribution >= 0.6 is 0 Å². The van der Waals surface area contributed by atoms with Gasteiger partial charge < -0.3 is 9.30 Å². The first kappa shape index (κ1) is 15.9. The molecule has 0 aliphatic carbocycles. The summed E-state index contributed by atoms with van der Waals surface area (Å²) in [6.07, 6.45) is 5.85. The van der Waals surface area contributed by atoms with Gasteiger partial charge in [0, 0.05) is 24.2 Å². The standard InChI is InChI=1S/C16H17N5O3/c1-16(2,3)24-15(23)21-12-5-4-6-20(13(12)19-14(21)22)9-11-7-17-10-18-8-11/h4-8,10H,9H2,1-3H3. The van der Waals surface area contributed by atoms with Crippen LogP contribution in [0, 0.1) is 0 Å². The van der Waals surface area contributed by atoms with Crippen LogP contribution in [-0.4, -0.2) is 35.8 Å². The summed E-state index contributed by atoms with van der Waals surface area (Å²) in [7, 11) is 0. The lowest BCUT2D eigenvalue weighted by Crippen LogP contribution is -2.32. The molecule has 0 spiro atoms. The zero-order valence-electron chi connectivity index (χ0n) is 13.6. The Morgan fingerprint density at radius 3 is 2.62 bits per heavy atom. The average Bonchev–Trinajstić information content (AvgIpc) is 2.84. The predicted octanol–water partition coefficient (Wildman–Crippen LogP) is 1.77. The lowest BCUT2D eigenvalue weighted by Gasteiger charge is -2.19. The number of fused-ring (bicyclic) bond motifs is 1. The maximum Gasteiger partial charge on any atom is 0.423 e. The zero-order valence-corrected chi connectivity index (χ0v) is 13.6. The molecule has 0 bridgehead atoms. The minimum atomic E-state index is -0.740. The smallest absolute Gasteiger partial charge is 0.423 e. The van der Waals surface area contributed by atoms with E-state index in [1.165, 1.54) is 6.33 Å². The molecule has 2 aliphatic heterocycles. The molecule has 1 aromatic heterocycles. The number of hydrogen-bond donors (Lipinski definition) is 0. The van der Waals surface area contributed by atoms with Crippen molar-refractivity contribution in [1.29, 1.82) is 0 Å². The number of pyridine rings is 1. The summed E-state index contributed by atoms with van der Waals surface area (Å²) in [5.74, 6) is 0.400. The monoisotopic (exact) mass is 327 g/mol. The van der Waals surface area contributed by atoms with Gasteiger partial charge in [-0.15, -0.1) is 0 Å². The minimum absolute atomic E-state index is 0.397. The third-order valence-electron chi connectivity index (χ3n) is 3.20. The number of nitrogens with zero attached hydrogens (tertiary/aromatic N) is 5. The largest absolute Gasteiger partial charge is 0.443 e. The highest BCUT2D eigenvalue weighted by Gasteiger charge is 2.26. The van der Waals surface area contributed by atoms with E-state index in [9.17, 15) is 9.59 Å². The molecule has 0 fully saturated rings. The van der Waals surface area contributed by atoms with Crippen LogP contribution < -0.4 is 5.69 Å². The second kappa shape index (κ2) is 5.88. The predicted molar refractivity (Wildman–Crippen MR) is 85.9 cm³/mol. The second-order valence-electron chi connectivity index (χ2n) is 6.30. The molecule has 0 amide bonds. The van der Waals surface area contributed by atoms with E-state index >= 15 is 0 Å². The summed E-state index contributed by atoms with van der Waals surface area (Å²) in [4.78, 5) is 36.4. The molecule has 8 nitrogen and oxygen atoms in total. The molecule has 3 rings (SSSR count). The molecule has 0 aromatic carbocycles. The fraction of sp³-hybridized carbons (Fsp3) is 0.312. The number of carbonyl (C=O) groups is 1. The molecule has 8 heteroatoms. The lowest BCUT2D eigenvalue weighted by atomic mass is 10.2. The molecule has 1 aromatic rings. The van der Waals surface area contributed by atoms with Gasteiger partial charge in [0.1, 0.15) is 17.6 Å². The van der Waals surface area contributed by atoms with E-state index in [0.717, 1.165) is 10.1 Å². The molecule has 3 heterocycles. The Hall–Kier alpha value is -3.03. The fourth-order valence-electron chi connectivity index (χ4n) is 2.29. The van der Waals surface area contributed by atoms with Gasteiger partial charge in [0.15, 0.2) is 5.82 Å². The zero-order chi connectivity index (χ0) is 17.3. The van der Waals surface area contributed by atoms with E-state index in [0.29, 0.717) is 18.1 Å². The highest BCUT2D eigenvalue weighted by Crippen LogP contribution is 2.20. The van der Waals surface area contributed by atoms with Crippen LogP contribution in [0.5, 0.6) is 0 Å². The molecule has 2 aliphatic rings. The van der Waals surface area contributed by atoms with E-state index in [-0.39, 0.29) is 0 Å². The molecule has 0 radical (unpaired) electrons. The first-order valence-corrected chi connectivity index (χ1v) is 7.40. The fourth-order valence-corrected chi connectivity index (χ4v) is 2.29. The minimum Gasteiger partial charge on any atom is -0.443 e. The molecular formula is C16H17N5O3. The Balaban J connectivity index is 1.99. The first-order chi connectivity index (χ1) is 11.3. The number of rotatable bonds is 2. The van der Waals surface area contributed by atoms with Gasteiger partial charge in [0.2, 0.25) is 0 Å². The van der Waals surface area contributed by atoms with Gasteiger partial charge in [0.25, 0.3) is 0 Å². The van der Waals surface area contributed by atoms with Crippen molar-refractivity contribution in [1.82, 2.24) is 24.1 Å². The quantitative estimate of drug-likeness (QED) is 0.712. The van der Waals surface area contributed by atoms with E-state index in [1.807, 2.05) is 0 Å². The van der Waals surface area contributed by atoms with Crippen LogP contribution in [0.2, 0.25) is 0 Å². The Bertz CT molecular complexity index is 892. The lowest BCUT2D eigenvalue weighted by molar-refractivity contribution is 0.0534. The van der Waals surface area contributed by atoms with Gasteiger partial charge in [0.05, 0.1) is 6.54 Å². The topological polar surface area (TPSA) is 91.9 Å². The Morgan fingerprint density at radius 2 is 1.96 bits per heavy atom. The number of ether oxygens (including phenoxy) is 1. The molecule has 124 valence electrons. The van der Waals surface area contributed by atoms with Gasteiger partial charge in [-0.2, -0.15) is 9.55 Å². The van der Waals surface area contributed by atoms with Gasteiger partial charge in [-0.05, 0) is 32.9 Å². The molecule has 0 N–H and O–H groups in total. The summed E-state index contributed by atoms with van der Waals surface area (Å²) < 4.78 is 7.99. The maximum absolute atomic E-state index is 12.3. The number of hydrogen-bond acceptors (Lipinski definition) is 6. The highest BCUT2D eigenvalue weighted by atomic mass is 16.6. The van der Waals surface area contributed by atoms with Crippen LogP contribution in [0.4, 0.5) is 4.79 Å². The van der Waals surface area contributed by atoms with Crippen LogP contribution in [0.25, 0.3) is 11.5 Å².